The van der Waals surface area contributed by atoms with Gasteiger partial charge in [-0.25, -0.2) is 9.97 Å². The van der Waals surface area contributed by atoms with Crippen molar-refractivity contribution in [3.8, 4) is 22.6 Å². The van der Waals surface area contributed by atoms with Crippen LogP contribution in [-0.2, 0) is 4.79 Å². The summed E-state index contributed by atoms with van der Waals surface area (Å²) >= 11 is 0. The number of benzene rings is 2. The van der Waals surface area contributed by atoms with E-state index in [0.717, 1.165) is 65.3 Å². The van der Waals surface area contributed by atoms with Crippen molar-refractivity contribution in [3.63, 3.8) is 0 Å². The second kappa shape index (κ2) is 9.49. The molecule has 4 bridgehead atoms. The van der Waals surface area contributed by atoms with Crippen molar-refractivity contribution in [2.75, 3.05) is 10.6 Å². The van der Waals surface area contributed by atoms with E-state index in [0.29, 0.717) is 11.4 Å². The zero-order valence-electron chi connectivity index (χ0n) is 21.7. The Morgan fingerprint density at radius 1 is 0.769 bits per heavy atom. The van der Waals surface area contributed by atoms with Gasteiger partial charge in [0.1, 0.15) is 11.6 Å². The predicted molar refractivity (Wildman–Crippen MR) is 151 cm³/mol. The topological polar surface area (TPSA) is 99.8 Å². The first-order chi connectivity index (χ1) is 19.0. The molecule has 2 aromatic heterocycles. The summed E-state index contributed by atoms with van der Waals surface area (Å²) in [6, 6.07) is 20.7. The summed E-state index contributed by atoms with van der Waals surface area (Å²) in [6.07, 6.45) is 10.6. The van der Waals surface area contributed by atoms with E-state index in [-0.39, 0.29) is 17.2 Å². The van der Waals surface area contributed by atoms with Gasteiger partial charge in [0.15, 0.2) is 0 Å². The van der Waals surface area contributed by atoms with Gasteiger partial charge in [-0.05, 0) is 110 Å². The molecule has 0 aliphatic heterocycles. The number of rotatable bonds is 6. The monoisotopic (exact) mass is 517 g/mol. The number of H-pyrrole nitrogens is 1. The van der Waals surface area contributed by atoms with Gasteiger partial charge in [0.2, 0.25) is 5.91 Å². The second-order valence-electron chi connectivity index (χ2n) is 11.6. The van der Waals surface area contributed by atoms with E-state index in [1.165, 1.54) is 19.3 Å². The predicted octanol–water partition coefficient (Wildman–Crippen LogP) is 6.55. The van der Waals surface area contributed by atoms with E-state index in [1.807, 2.05) is 42.5 Å². The molecule has 4 aliphatic rings. The number of aromatic nitrogens is 3. The highest BCUT2D eigenvalue weighted by atomic mass is 16.2. The SMILES string of the molecule is O=C(Nc1ccccn1)c1ccc(-c2cnc(-c3ccc(NC(=O)C45CC6CC(CC(C6)C4)C5)cc3)[nH]2)cc1. The number of amides is 2. The van der Waals surface area contributed by atoms with E-state index in [4.69, 9.17) is 0 Å². The molecule has 2 aromatic carbocycles. The molecule has 4 saturated carbocycles. The van der Waals surface area contributed by atoms with E-state index < -0.39 is 0 Å². The van der Waals surface area contributed by atoms with Crippen LogP contribution in [0.15, 0.2) is 79.1 Å². The van der Waals surface area contributed by atoms with Crippen LogP contribution in [0.2, 0.25) is 0 Å². The normalized spacial score (nSPS) is 24.9. The maximum atomic E-state index is 13.4. The first-order valence-corrected chi connectivity index (χ1v) is 13.8. The molecular formula is C32H31N5O2. The molecule has 0 radical (unpaired) electrons. The van der Waals surface area contributed by atoms with Crippen LogP contribution in [-0.4, -0.2) is 26.8 Å². The lowest BCUT2D eigenvalue weighted by atomic mass is 9.49. The molecule has 3 N–H and O–H groups in total. The quantitative estimate of drug-likeness (QED) is 0.270. The Balaban J connectivity index is 1.01. The maximum Gasteiger partial charge on any atom is 0.256 e. The summed E-state index contributed by atoms with van der Waals surface area (Å²) in [5.41, 5.74) is 3.97. The number of hydrogen-bond donors (Lipinski definition) is 3. The Kier molecular flexibility index (Phi) is 5.80. The van der Waals surface area contributed by atoms with Crippen LogP contribution < -0.4 is 10.6 Å². The molecule has 0 spiro atoms. The fourth-order valence-electron chi connectivity index (χ4n) is 7.40. The largest absolute Gasteiger partial charge is 0.338 e. The van der Waals surface area contributed by atoms with Gasteiger partial charge in [0.05, 0.1) is 17.3 Å². The van der Waals surface area contributed by atoms with Gasteiger partial charge in [-0.3, -0.25) is 9.59 Å². The van der Waals surface area contributed by atoms with E-state index in [2.05, 4.69) is 25.6 Å². The molecular weight excluding hydrogens is 486 g/mol. The summed E-state index contributed by atoms with van der Waals surface area (Å²) < 4.78 is 0. The minimum Gasteiger partial charge on any atom is -0.338 e. The lowest BCUT2D eigenvalue weighted by Crippen LogP contribution is -2.51. The third-order valence-corrected chi connectivity index (χ3v) is 8.88. The van der Waals surface area contributed by atoms with Crippen molar-refractivity contribution in [3.05, 3.63) is 84.7 Å². The summed E-state index contributed by atoms with van der Waals surface area (Å²) in [5.74, 6) is 3.52. The molecule has 7 nitrogen and oxygen atoms in total. The molecule has 8 rings (SSSR count). The van der Waals surface area contributed by atoms with Crippen LogP contribution in [0.1, 0.15) is 48.9 Å². The van der Waals surface area contributed by atoms with Gasteiger partial charge in [-0.1, -0.05) is 18.2 Å². The van der Waals surface area contributed by atoms with Crippen LogP contribution in [0.4, 0.5) is 11.5 Å². The van der Waals surface area contributed by atoms with Crippen molar-refractivity contribution in [1.82, 2.24) is 15.0 Å². The number of anilines is 2. The minimum atomic E-state index is -0.207. The first kappa shape index (κ1) is 23.8. The van der Waals surface area contributed by atoms with Gasteiger partial charge < -0.3 is 15.6 Å². The molecule has 0 unspecified atom stereocenters. The molecule has 7 heteroatoms. The standard InChI is InChI=1S/C32H31N5O2/c38-30(37-28-3-1-2-12-33-28)25-6-4-23(5-7-25)27-19-34-29(36-27)24-8-10-26(11-9-24)35-31(39)32-16-20-13-21(17-32)15-22(14-20)18-32/h1-12,19-22H,13-18H2,(H,34,36)(H,35,39)(H,33,37,38). The fraction of sp³-hybridized carbons (Fsp3) is 0.312. The van der Waals surface area contributed by atoms with Crippen LogP contribution in [0.25, 0.3) is 22.6 Å². The smallest absolute Gasteiger partial charge is 0.256 e. The number of imidazole rings is 1. The van der Waals surface area contributed by atoms with E-state index in [1.54, 1.807) is 36.7 Å². The lowest BCUT2D eigenvalue weighted by molar-refractivity contribution is -0.140. The summed E-state index contributed by atoms with van der Waals surface area (Å²) in [5, 5.41) is 6.03. The first-order valence-electron chi connectivity index (χ1n) is 13.8. The highest BCUT2D eigenvalue weighted by molar-refractivity contribution is 6.04. The molecule has 0 atom stereocenters. The highest BCUT2D eigenvalue weighted by Crippen LogP contribution is 2.60. The zero-order valence-corrected chi connectivity index (χ0v) is 21.7. The molecule has 2 heterocycles. The van der Waals surface area contributed by atoms with E-state index in [9.17, 15) is 9.59 Å². The van der Waals surface area contributed by atoms with Crippen molar-refractivity contribution in [2.45, 2.75) is 38.5 Å². The molecule has 196 valence electrons. The zero-order chi connectivity index (χ0) is 26.4. The third kappa shape index (κ3) is 4.62. The number of carbonyl (C=O) groups excluding carboxylic acids is 2. The third-order valence-electron chi connectivity index (χ3n) is 8.88. The van der Waals surface area contributed by atoms with E-state index >= 15 is 0 Å². The Labute approximate surface area is 227 Å². The van der Waals surface area contributed by atoms with Crippen molar-refractivity contribution < 1.29 is 9.59 Å². The Hall–Kier alpha value is -4.26. The van der Waals surface area contributed by atoms with Crippen molar-refractivity contribution in [1.29, 1.82) is 0 Å². The van der Waals surface area contributed by atoms with Gasteiger partial charge >= 0.3 is 0 Å². The van der Waals surface area contributed by atoms with Crippen molar-refractivity contribution >= 4 is 23.3 Å². The Morgan fingerprint density at radius 3 is 2.08 bits per heavy atom. The van der Waals surface area contributed by atoms with Crippen LogP contribution in [0.5, 0.6) is 0 Å². The van der Waals surface area contributed by atoms with Gasteiger partial charge in [-0.15, -0.1) is 0 Å². The van der Waals surface area contributed by atoms with Gasteiger partial charge in [0.25, 0.3) is 5.91 Å². The van der Waals surface area contributed by atoms with Crippen molar-refractivity contribution in [2.24, 2.45) is 23.2 Å². The number of pyridine rings is 1. The molecule has 4 fully saturated rings. The van der Waals surface area contributed by atoms with Crippen LogP contribution in [0.3, 0.4) is 0 Å². The summed E-state index contributed by atoms with van der Waals surface area (Å²) in [6.45, 7) is 0. The van der Waals surface area contributed by atoms with Gasteiger partial charge in [0, 0.05) is 23.0 Å². The summed E-state index contributed by atoms with van der Waals surface area (Å²) in [4.78, 5) is 38.0. The highest BCUT2D eigenvalue weighted by Gasteiger charge is 2.54. The number of aromatic amines is 1. The number of nitrogens with zero attached hydrogens (tertiary/aromatic N) is 2. The van der Waals surface area contributed by atoms with Gasteiger partial charge in [-0.2, -0.15) is 0 Å². The number of nitrogens with one attached hydrogen (secondary N) is 3. The molecule has 4 aliphatic carbocycles. The summed E-state index contributed by atoms with van der Waals surface area (Å²) in [7, 11) is 0. The Bertz CT molecular complexity index is 1470. The number of hydrogen-bond acceptors (Lipinski definition) is 4. The maximum absolute atomic E-state index is 13.4. The Morgan fingerprint density at radius 2 is 1.44 bits per heavy atom. The number of carbonyl (C=O) groups is 2. The lowest BCUT2D eigenvalue weighted by Gasteiger charge is -2.55. The molecule has 4 aromatic rings. The fourth-order valence-corrected chi connectivity index (χ4v) is 7.40. The molecule has 0 saturated heterocycles. The molecule has 2 amide bonds. The average molecular weight is 518 g/mol. The average Bonchev–Trinajstić information content (AvgIpc) is 3.44. The molecule has 39 heavy (non-hydrogen) atoms. The minimum absolute atomic E-state index is 0.155. The van der Waals surface area contributed by atoms with Crippen LogP contribution in [0, 0.1) is 23.2 Å². The second-order valence-corrected chi connectivity index (χ2v) is 11.6. The van der Waals surface area contributed by atoms with Crippen LogP contribution >= 0.6 is 0 Å².